The lowest BCUT2D eigenvalue weighted by Crippen LogP contribution is -2.12. The summed E-state index contributed by atoms with van der Waals surface area (Å²) in [6, 6.07) is 4.23. The maximum Gasteiger partial charge on any atom is 0.165 e. The van der Waals surface area contributed by atoms with Crippen molar-refractivity contribution in [3.05, 3.63) is 29.6 Å². The fourth-order valence-electron chi connectivity index (χ4n) is 1.22. The summed E-state index contributed by atoms with van der Waals surface area (Å²) in [5.74, 6) is -0.233. The van der Waals surface area contributed by atoms with Crippen LogP contribution in [0.5, 0.6) is 5.75 Å². The highest BCUT2D eigenvalue weighted by atomic mass is 19.1. The molecule has 14 heavy (non-hydrogen) atoms. The van der Waals surface area contributed by atoms with Gasteiger partial charge in [-0.15, -0.1) is 0 Å². The van der Waals surface area contributed by atoms with Gasteiger partial charge in [0.15, 0.2) is 11.6 Å². The Hall–Kier alpha value is -1.13. The largest absolute Gasteiger partial charge is 0.494 e. The summed E-state index contributed by atoms with van der Waals surface area (Å²) in [7, 11) is 1.41. The van der Waals surface area contributed by atoms with E-state index < -0.39 is 5.82 Å². The van der Waals surface area contributed by atoms with E-state index in [0.29, 0.717) is 12.0 Å². The summed E-state index contributed by atoms with van der Waals surface area (Å²) in [4.78, 5) is 0. The standard InChI is InChI=1S/C10H14FNO2/c1-14-10-3-2-7(6-8(10)11)9(12)4-5-13/h2-3,6,9,13H,4-5,12H2,1H3/t9-/m1/s1. The van der Waals surface area contributed by atoms with Crippen molar-refractivity contribution in [2.45, 2.75) is 12.5 Å². The van der Waals surface area contributed by atoms with Crippen LogP contribution in [0.4, 0.5) is 4.39 Å². The topological polar surface area (TPSA) is 55.5 Å². The number of benzene rings is 1. The summed E-state index contributed by atoms with van der Waals surface area (Å²) in [5, 5.41) is 8.67. The molecule has 3 N–H and O–H groups in total. The molecule has 1 rings (SSSR count). The monoisotopic (exact) mass is 199 g/mol. The van der Waals surface area contributed by atoms with Gasteiger partial charge in [0.2, 0.25) is 0 Å². The molecule has 1 aromatic rings. The van der Waals surface area contributed by atoms with Crippen LogP contribution in [0, 0.1) is 5.82 Å². The van der Waals surface area contributed by atoms with Crippen LogP contribution in [0.15, 0.2) is 18.2 Å². The van der Waals surface area contributed by atoms with Crippen molar-refractivity contribution in [2.24, 2.45) is 5.73 Å². The van der Waals surface area contributed by atoms with Crippen LogP contribution in [0.25, 0.3) is 0 Å². The molecule has 0 radical (unpaired) electrons. The van der Waals surface area contributed by atoms with Crippen LogP contribution in [-0.4, -0.2) is 18.8 Å². The molecule has 0 bridgehead atoms. The Balaban J connectivity index is 2.85. The molecule has 0 aliphatic rings. The first-order valence-corrected chi connectivity index (χ1v) is 4.39. The van der Waals surface area contributed by atoms with Crippen LogP contribution in [-0.2, 0) is 0 Å². The molecule has 0 heterocycles. The smallest absolute Gasteiger partial charge is 0.165 e. The second kappa shape index (κ2) is 4.93. The SMILES string of the molecule is COc1ccc([C@H](N)CCO)cc1F. The second-order valence-corrected chi connectivity index (χ2v) is 3.01. The van der Waals surface area contributed by atoms with Crippen molar-refractivity contribution in [3.8, 4) is 5.75 Å². The van der Waals surface area contributed by atoms with Gasteiger partial charge in [0, 0.05) is 12.6 Å². The first kappa shape index (κ1) is 10.9. The molecule has 0 saturated heterocycles. The van der Waals surface area contributed by atoms with Crippen LogP contribution in [0.3, 0.4) is 0 Å². The molecule has 1 atom stereocenters. The fraction of sp³-hybridized carbons (Fsp3) is 0.400. The van der Waals surface area contributed by atoms with Gasteiger partial charge >= 0.3 is 0 Å². The van der Waals surface area contributed by atoms with Gasteiger partial charge in [-0.3, -0.25) is 0 Å². The molecule has 78 valence electrons. The van der Waals surface area contributed by atoms with E-state index in [1.54, 1.807) is 6.07 Å². The van der Waals surface area contributed by atoms with E-state index in [1.807, 2.05) is 0 Å². The van der Waals surface area contributed by atoms with Crippen molar-refractivity contribution in [1.82, 2.24) is 0 Å². The Morgan fingerprint density at radius 1 is 1.57 bits per heavy atom. The van der Waals surface area contributed by atoms with Gasteiger partial charge in [0.25, 0.3) is 0 Å². The summed E-state index contributed by atoms with van der Waals surface area (Å²) >= 11 is 0. The number of aliphatic hydroxyl groups excluding tert-OH is 1. The van der Waals surface area contributed by atoms with Crippen molar-refractivity contribution >= 4 is 0 Å². The zero-order chi connectivity index (χ0) is 10.6. The molecule has 0 amide bonds. The van der Waals surface area contributed by atoms with Crippen LogP contribution < -0.4 is 10.5 Å². The lowest BCUT2D eigenvalue weighted by Gasteiger charge is -2.11. The highest BCUT2D eigenvalue weighted by Gasteiger charge is 2.09. The third-order valence-electron chi connectivity index (χ3n) is 2.04. The predicted octanol–water partition coefficient (Wildman–Crippen LogP) is 1.22. The summed E-state index contributed by atoms with van der Waals surface area (Å²) < 4.78 is 18.0. The molecule has 0 aliphatic heterocycles. The van der Waals surface area contributed by atoms with E-state index in [4.69, 9.17) is 15.6 Å². The first-order valence-electron chi connectivity index (χ1n) is 4.39. The zero-order valence-electron chi connectivity index (χ0n) is 8.03. The second-order valence-electron chi connectivity index (χ2n) is 3.01. The number of methoxy groups -OCH3 is 1. The highest BCUT2D eigenvalue weighted by molar-refractivity contribution is 5.30. The minimum absolute atomic E-state index is 0.00514. The highest BCUT2D eigenvalue weighted by Crippen LogP contribution is 2.21. The lowest BCUT2D eigenvalue weighted by molar-refractivity contribution is 0.276. The van der Waals surface area contributed by atoms with Gasteiger partial charge in [-0.1, -0.05) is 6.07 Å². The summed E-state index contributed by atoms with van der Waals surface area (Å²) in [6.45, 7) is -0.00514. The molecule has 0 saturated carbocycles. The number of hydrogen-bond donors (Lipinski definition) is 2. The molecule has 0 aliphatic carbocycles. The molecule has 3 nitrogen and oxygen atoms in total. The first-order chi connectivity index (χ1) is 6.69. The van der Waals surface area contributed by atoms with Gasteiger partial charge in [0.1, 0.15) is 0 Å². The van der Waals surface area contributed by atoms with Crippen LogP contribution in [0.2, 0.25) is 0 Å². The van der Waals surface area contributed by atoms with Crippen molar-refractivity contribution < 1.29 is 14.2 Å². The van der Waals surface area contributed by atoms with E-state index >= 15 is 0 Å². The summed E-state index contributed by atoms with van der Waals surface area (Å²) in [5.41, 5.74) is 6.36. The maximum atomic E-state index is 13.2. The fourth-order valence-corrected chi connectivity index (χ4v) is 1.22. The van der Waals surface area contributed by atoms with Crippen LogP contribution in [0.1, 0.15) is 18.0 Å². The molecule has 1 aromatic carbocycles. The summed E-state index contributed by atoms with van der Waals surface area (Å²) in [6.07, 6.45) is 0.422. The third-order valence-corrected chi connectivity index (χ3v) is 2.04. The molecular formula is C10H14FNO2. The van der Waals surface area contributed by atoms with Gasteiger partial charge in [-0.05, 0) is 24.1 Å². The van der Waals surface area contributed by atoms with Gasteiger partial charge < -0.3 is 15.6 Å². The number of aliphatic hydroxyl groups is 1. The Labute approximate surface area is 82.3 Å². The van der Waals surface area contributed by atoms with Crippen molar-refractivity contribution in [2.75, 3.05) is 13.7 Å². The van der Waals surface area contributed by atoms with Crippen molar-refractivity contribution in [3.63, 3.8) is 0 Å². The van der Waals surface area contributed by atoms with Crippen molar-refractivity contribution in [1.29, 1.82) is 0 Å². The minimum atomic E-state index is -0.432. The molecule has 0 aromatic heterocycles. The molecule has 0 unspecified atom stereocenters. The number of nitrogens with two attached hydrogens (primary N) is 1. The van der Waals surface area contributed by atoms with E-state index in [2.05, 4.69) is 0 Å². The third kappa shape index (κ3) is 2.43. The van der Waals surface area contributed by atoms with Gasteiger partial charge in [0.05, 0.1) is 7.11 Å². The maximum absolute atomic E-state index is 13.2. The molecule has 4 heteroatoms. The quantitative estimate of drug-likeness (QED) is 0.766. The average Bonchev–Trinajstić information content (AvgIpc) is 2.18. The normalized spacial score (nSPS) is 12.6. The predicted molar refractivity (Wildman–Crippen MR) is 51.6 cm³/mol. The Morgan fingerprint density at radius 3 is 2.79 bits per heavy atom. The zero-order valence-corrected chi connectivity index (χ0v) is 8.03. The Bertz CT molecular complexity index is 304. The van der Waals surface area contributed by atoms with E-state index in [1.165, 1.54) is 19.2 Å². The van der Waals surface area contributed by atoms with Gasteiger partial charge in [-0.25, -0.2) is 4.39 Å². The molecule has 0 spiro atoms. The van der Waals surface area contributed by atoms with E-state index in [-0.39, 0.29) is 18.4 Å². The average molecular weight is 199 g/mol. The number of rotatable bonds is 4. The number of hydrogen-bond acceptors (Lipinski definition) is 3. The van der Waals surface area contributed by atoms with E-state index in [0.717, 1.165) is 0 Å². The van der Waals surface area contributed by atoms with Crippen LogP contribution >= 0.6 is 0 Å². The number of ether oxygens (including phenoxy) is 1. The lowest BCUT2D eigenvalue weighted by atomic mass is 10.0. The molecular weight excluding hydrogens is 185 g/mol. The van der Waals surface area contributed by atoms with E-state index in [9.17, 15) is 4.39 Å². The Kier molecular flexibility index (Phi) is 3.85. The minimum Gasteiger partial charge on any atom is -0.494 e. The Morgan fingerprint density at radius 2 is 2.29 bits per heavy atom. The number of halogens is 1. The molecule has 0 fully saturated rings. The van der Waals surface area contributed by atoms with Gasteiger partial charge in [-0.2, -0.15) is 0 Å².